The second-order valence-electron chi connectivity index (χ2n) is 5.96. The number of carbonyl (C=O) groups is 2. The third-order valence-electron chi connectivity index (χ3n) is 3.76. The zero-order valence-electron chi connectivity index (χ0n) is 14.6. The van der Waals surface area contributed by atoms with Crippen LogP contribution >= 0.6 is 0 Å². The van der Waals surface area contributed by atoms with Crippen LogP contribution in [0.15, 0.2) is 42.5 Å². The van der Waals surface area contributed by atoms with Crippen LogP contribution in [0.5, 0.6) is 0 Å². The molecule has 0 unspecified atom stereocenters. The highest BCUT2D eigenvalue weighted by Crippen LogP contribution is 2.32. The third kappa shape index (κ3) is 6.57. The van der Waals surface area contributed by atoms with Crippen molar-refractivity contribution in [3.05, 3.63) is 70.5 Å². The molecule has 1 amide bonds. The highest BCUT2D eigenvalue weighted by Gasteiger charge is 2.34. The Labute approximate surface area is 157 Å². The van der Waals surface area contributed by atoms with E-state index in [0.29, 0.717) is 24.1 Å². The van der Waals surface area contributed by atoms with Crippen LogP contribution in [0.3, 0.4) is 0 Å². The summed E-state index contributed by atoms with van der Waals surface area (Å²) in [6.07, 6.45) is -5.36. The maximum absolute atomic E-state index is 13.2. The van der Waals surface area contributed by atoms with Crippen molar-refractivity contribution in [2.75, 3.05) is 0 Å². The number of carbonyl (C=O) groups excluding carboxylic acids is 1. The second kappa shape index (κ2) is 9.20. The van der Waals surface area contributed by atoms with Crippen molar-refractivity contribution in [3.63, 3.8) is 0 Å². The van der Waals surface area contributed by atoms with Gasteiger partial charge >= 0.3 is 18.2 Å². The third-order valence-corrected chi connectivity index (χ3v) is 3.76. The Balaban J connectivity index is 1.87. The van der Waals surface area contributed by atoms with Gasteiger partial charge in [-0.3, -0.25) is 4.79 Å². The van der Waals surface area contributed by atoms with Gasteiger partial charge in [-0.1, -0.05) is 30.3 Å². The molecule has 0 fully saturated rings. The molecule has 0 aliphatic carbocycles. The molecule has 2 N–H and O–H groups in total. The molecule has 150 valence electrons. The monoisotopic (exact) mass is 399 g/mol. The molecule has 2 rings (SSSR count). The zero-order valence-corrected chi connectivity index (χ0v) is 14.6. The summed E-state index contributed by atoms with van der Waals surface area (Å²) in [6.45, 7) is -0.356. The fourth-order valence-corrected chi connectivity index (χ4v) is 2.40. The first kappa shape index (κ1) is 21.2. The number of alkyl halides is 3. The number of carboxylic acids is 1. The highest BCUT2D eigenvalue weighted by atomic mass is 19.4. The summed E-state index contributed by atoms with van der Waals surface area (Å²) >= 11 is 0. The number of nitrogens with one attached hydrogen (secondary N) is 1. The first-order chi connectivity index (χ1) is 13.1. The number of hydrogen-bond donors (Lipinski definition) is 2. The number of amides is 1. The topological polar surface area (TPSA) is 75.6 Å². The van der Waals surface area contributed by atoms with E-state index in [2.05, 4.69) is 5.32 Å². The van der Waals surface area contributed by atoms with Crippen LogP contribution in [-0.2, 0) is 35.3 Å². The van der Waals surface area contributed by atoms with Crippen molar-refractivity contribution in [1.29, 1.82) is 0 Å². The number of aryl methyl sites for hydroxylation is 1. The maximum Gasteiger partial charge on any atom is 0.419 e. The van der Waals surface area contributed by atoms with Gasteiger partial charge in [0.1, 0.15) is 12.4 Å². The average molecular weight is 399 g/mol. The van der Waals surface area contributed by atoms with Crippen LogP contribution in [-0.4, -0.2) is 17.2 Å². The summed E-state index contributed by atoms with van der Waals surface area (Å²) in [4.78, 5) is 22.3. The number of aliphatic carboxylic acids is 1. The van der Waals surface area contributed by atoms with Crippen LogP contribution in [0.1, 0.15) is 28.7 Å². The van der Waals surface area contributed by atoms with Gasteiger partial charge in [0.2, 0.25) is 0 Å². The quantitative estimate of drug-likeness (QED) is 0.682. The lowest BCUT2D eigenvalue weighted by molar-refractivity contribution is -0.140. The molecule has 9 heteroatoms. The molecule has 0 aromatic heterocycles. The molecular formula is C19H17F4NO4. The number of rotatable bonds is 7. The molecule has 0 atom stereocenters. The summed E-state index contributed by atoms with van der Waals surface area (Å²) in [5.41, 5.74) is 0.0776. The molecule has 0 bridgehead atoms. The van der Waals surface area contributed by atoms with Gasteiger partial charge in [0.25, 0.3) is 0 Å². The molecule has 5 nitrogen and oxygen atoms in total. The van der Waals surface area contributed by atoms with Gasteiger partial charge in [-0.2, -0.15) is 13.2 Å². The van der Waals surface area contributed by atoms with Crippen LogP contribution in [0.25, 0.3) is 0 Å². The first-order valence-corrected chi connectivity index (χ1v) is 8.21. The van der Waals surface area contributed by atoms with Crippen molar-refractivity contribution in [3.8, 4) is 0 Å². The van der Waals surface area contributed by atoms with Crippen molar-refractivity contribution >= 4 is 12.1 Å². The van der Waals surface area contributed by atoms with Gasteiger partial charge < -0.3 is 15.2 Å². The lowest BCUT2D eigenvalue weighted by atomic mass is 10.1. The molecular weight excluding hydrogens is 382 g/mol. The summed E-state index contributed by atoms with van der Waals surface area (Å²) in [6, 6.07) is 9.30. The number of benzene rings is 2. The number of hydrogen-bond acceptors (Lipinski definition) is 3. The lowest BCUT2D eigenvalue weighted by Gasteiger charge is -2.11. The molecule has 0 aliphatic rings. The Morgan fingerprint density at radius 1 is 1.04 bits per heavy atom. The van der Waals surface area contributed by atoms with E-state index < -0.39 is 36.2 Å². The van der Waals surface area contributed by atoms with Gasteiger partial charge in [0, 0.05) is 13.0 Å². The molecule has 0 spiro atoms. The van der Waals surface area contributed by atoms with E-state index in [1.54, 1.807) is 24.3 Å². The number of carboxylic acid groups (broad SMARTS) is 1. The molecule has 2 aromatic rings. The lowest BCUT2D eigenvalue weighted by Crippen LogP contribution is -2.23. The predicted molar refractivity (Wildman–Crippen MR) is 90.8 cm³/mol. The molecule has 0 saturated heterocycles. The van der Waals surface area contributed by atoms with E-state index in [0.717, 1.165) is 11.6 Å². The molecule has 0 saturated carbocycles. The Hall–Kier alpha value is -3.10. The Morgan fingerprint density at radius 3 is 2.43 bits per heavy atom. The largest absolute Gasteiger partial charge is 0.481 e. The smallest absolute Gasteiger partial charge is 0.419 e. The van der Waals surface area contributed by atoms with Gasteiger partial charge in [-0.05, 0) is 35.2 Å². The summed E-state index contributed by atoms with van der Waals surface area (Å²) in [5, 5.41) is 11.1. The van der Waals surface area contributed by atoms with Gasteiger partial charge in [-0.25, -0.2) is 9.18 Å². The fourth-order valence-electron chi connectivity index (χ4n) is 2.40. The Morgan fingerprint density at radius 2 is 1.75 bits per heavy atom. The number of alkyl carbamates (subject to hydrolysis) is 1. The summed E-state index contributed by atoms with van der Waals surface area (Å²) < 4.78 is 56.1. The molecule has 0 aliphatic heterocycles. The SMILES string of the molecule is O=C(O)CCc1cccc(CNC(=O)OCc2ccc(F)c(C(F)(F)F)c2)c1. The van der Waals surface area contributed by atoms with E-state index in [1.165, 1.54) is 0 Å². The normalized spacial score (nSPS) is 11.1. The minimum absolute atomic E-state index is 0.000423. The molecule has 0 heterocycles. The number of ether oxygens (including phenoxy) is 1. The van der Waals surface area contributed by atoms with E-state index in [-0.39, 0.29) is 18.5 Å². The fraction of sp³-hybridized carbons (Fsp3) is 0.263. The van der Waals surface area contributed by atoms with Crippen molar-refractivity contribution in [2.45, 2.75) is 32.2 Å². The summed E-state index contributed by atoms with van der Waals surface area (Å²) in [7, 11) is 0. The van der Waals surface area contributed by atoms with E-state index in [1.807, 2.05) is 0 Å². The average Bonchev–Trinajstić information content (AvgIpc) is 2.63. The van der Waals surface area contributed by atoms with Crippen molar-refractivity contribution in [2.24, 2.45) is 0 Å². The Bertz CT molecular complexity index is 852. The zero-order chi connectivity index (χ0) is 20.7. The maximum atomic E-state index is 13.2. The van der Waals surface area contributed by atoms with Crippen LogP contribution in [0.4, 0.5) is 22.4 Å². The minimum atomic E-state index is -4.84. The van der Waals surface area contributed by atoms with Gasteiger partial charge in [0.15, 0.2) is 0 Å². The molecule has 2 aromatic carbocycles. The second-order valence-corrected chi connectivity index (χ2v) is 5.96. The number of halogens is 4. The first-order valence-electron chi connectivity index (χ1n) is 8.21. The molecule has 0 radical (unpaired) electrons. The van der Waals surface area contributed by atoms with Gasteiger partial charge in [-0.15, -0.1) is 0 Å². The van der Waals surface area contributed by atoms with Crippen molar-refractivity contribution in [1.82, 2.24) is 5.32 Å². The van der Waals surface area contributed by atoms with Crippen LogP contribution < -0.4 is 5.32 Å². The van der Waals surface area contributed by atoms with E-state index in [4.69, 9.17) is 9.84 Å². The van der Waals surface area contributed by atoms with Crippen LogP contribution in [0, 0.1) is 5.82 Å². The predicted octanol–water partition coefficient (Wildman–Crippen LogP) is 4.29. The standard InChI is InChI=1S/C19H17F4NO4/c20-16-6-4-14(9-15(16)19(21,22)23)11-28-18(27)24-10-13-3-1-2-12(8-13)5-7-17(25)26/h1-4,6,8-9H,5,7,10-11H2,(H,24,27)(H,25,26). The minimum Gasteiger partial charge on any atom is -0.481 e. The highest BCUT2D eigenvalue weighted by molar-refractivity contribution is 5.67. The van der Waals surface area contributed by atoms with Crippen LogP contribution in [0.2, 0.25) is 0 Å². The van der Waals surface area contributed by atoms with Crippen molar-refractivity contribution < 1.29 is 37.0 Å². The van der Waals surface area contributed by atoms with Gasteiger partial charge in [0.05, 0.1) is 5.56 Å². The van der Waals surface area contributed by atoms with E-state index in [9.17, 15) is 27.2 Å². The Kier molecular flexibility index (Phi) is 6.97. The van der Waals surface area contributed by atoms with E-state index >= 15 is 0 Å². The summed E-state index contributed by atoms with van der Waals surface area (Å²) in [5.74, 6) is -2.31. The molecule has 28 heavy (non-hydrogen) atoms.